The lowest BCUT2D eigenvalue weighted by Gasteiger charge is -2.29. The third kappa shape index (κ3) is 2.81. The summed E-state index contributed by atoms with van der Waals surface area (Å²) in [5.41, 5.74) is 2.23. The molecule has 0 amide bonds. The van der Waals surface area contributed by atoms with Crippen LogP contribution in [0, 0.1) is 0 Å². The highest BCUT2D eigenvalue weighted by atomic mass is 32.2. The van der Waals surface area contributed by atoms with Crippen molar-refractivity contribution in [2.24, 2.45) is 0 Å². The van der Waals surface area contributed by atoms with E-state index in [0.717, 1.165) is 31.9 Å². The summed E-state index contributed by atoms with van der Waals surface area (Å²) in [6, 6.07) is 12.1. The quantitative estimate of drug-likeness (QED) is 0.751. The number of benzene rings is 2. The average molecular weight is 372 g/mol. The lowest BCUT2D eigenvalue weighted by Crippen LogP contribution is -2.43. The van der Waals surface area contributed by atoms with Gasteiger partial charge in [0.25, 0.3) is 10.0 Å². The third-order valence-corrected chi connectivity index (χ3v) is 6.24. The summed E-state index contributed by atoms with van der Waals surface area (Å²) in [6.07, 6.45) is 1.38. The second kappa shape index (κ2) is 6.62. The van der Waals surface area contributed by atoms with Gasteiger partial charge in [0.15, 0.2) is 0 Å². The van der Waals surface area contributed by atoms with E-state index in [9.17, 15) is 8.42 Å². The van der Waals surface area contributed by atoms with Crippen LogP contribution in [0.3, 0.4) is 0 Å². The van der Waals surface area contributed by atoms with Crippen molar-refractivity contribution in [1.29, 1.82) is 0 Å². The van der Waals surface area contributed by atoms with Gasteiger partial charge in [-0.1, -0.05) is 12.1 Å². The highest BCUT2D eigenvalue weighted by Gasteiger charge is 2.22. The molecule has 0 aliphatic carbocycles. The van der Waals surface area contributed by atoms with E-state index in [0.29, 0.717) is 16.8 Å². The lowest BCUT2D eigenvalue weighted by atomic mass is 10.2. The molecular weight excluding hydrogens is 352 g/mol. The van der Waals surface area contributed by atoms with Crippen LogP contribution in [-0.2, 0) is 10.0 Å². The SMILES string of the molecule is COc1cccc(S(=O)(=O)n2cnc3c(N4CCNCC4)cccc32)c1. The fourth-order valence-corrected chi connectivity index (χ4v) is 4.55. The number of hydrogen-bond acceptors (Lipinski definition) is 6. The monoisotopic (exact) mass is 372 g/mol. The van der Waals surface area contributed by atoms with Crippen LogP contribution >= 0.6 is 0 Å². The van der Waals surface area contributed by atoms with Gasteiger partial charge in [0.1, 0.15) is 17.6 Å². The predicted molar refractivity (Wildman–Crippen MR) is 100 cm³/mol. The molecule has 2 heterocycles. The van der Waals surface area contributed by atoms with Crippen molar-refractivity contribution in [2.45, 2.75) is 4.90 Å². The Kier molecular flexibility index (Phi) is 4.29. The van der Waals surface area contributed by atoms with Gasteiger partial charge in [0, 0.05) is 32.2 Å². The molecule has 1 aliphatic heterocycles. The summed E-state index contributed by atoms with van der Waals surface area (Å²) in [5.74, 6) is 0.497. The molecule has 2 aromatic carbocycles. The van der Waals surface area contributed by atoms with E-state index in [2.05, 4.69) is 15.2 Å². The summed E-state index contributed by atoms with van der Waals surface area (Å²) in [7, 11) is -2.25. The van der Waals surface area contributed by atoms with E-state index in [4.69, 9.17) is 4.74 Å². The van der Waals surface area contributed by atoms with Crippen molar-refractivity contribution in [1.82, 2.24) is 14.3 Å². The molecule has 1 N–H and O–H groups in total. The Morgan fingerprint density at radius 1 is 1.12 bits per heavy atom. The summed E-state index contributed by atoms with van der Waals surface area (Å²) in [6.45, 7) is 3.54. The zero-order valence-electron chi connectivity index (χ0n) is 14.4. The standard InChI is InChI=1S/C18H20N4O3S/c1-25-14-4-2-5-15(12-14)26(23,24)22-13-20-18-16(6-3-7-17(18)22)21-10-8-19-9-11-21/h2-7,12-13,19H,8-11H2,1H3. The number of nitrogens with one attached hydrogen (secondary N) is 1. The van der Waals surface area contributed by atoms with Crippen LogP contribution in [-0.4, -0.2) is 50.7 Å². The van der Waals surface area contributed by atoms with Gasteiger partial charge in [-0.05, 0) is 24.3 Å². The summed E-state index contributed by atoms with van der Waals surface area (Å²) in [4.78, 5) is 6.82. The van der Waals surface area contributed by atoms with Crippen LogP contribution in [0.4, 0.5) is 5.69 Å². The topological polar surface area (TPSA) is 76.5 Å². The van der Waals surface area contributed by atoms with Crippen LogP contribution in [0.15, 0.2) is 53.7 Å². The minimum Gasteiger partial charge on any atom is -0.497 e. The first-order valence-corrected chi connectivity index (χ1v) is 9.86. The molecule has 0 spiro atoms. The van der Waals surface area contributed by atoms with Crippen LogP contribution in [0.1, 0.15) is 0 Å². The van der Waals surface area contributed by atoms with E-state index in [1.807, 2.05) is 12.1 Å². The molecule has 0 unspecified atom stereocenters. The molecule has 0 atom stereocenters. The normalized spacial score (nSPS) is 15.3. The van der Waals surface area contributed by atoms with Crippen molar-refractivity contribution in [3.05, 3.63) is 48.8 Å². The van der Waals surface area contributed by atoms with Crippen molar-refractivity contribution >= 4 is 26.7 Å². The van der Waals surface area contributed by atoms with Gasteiger partial charge in [-0.25, -0.2) is 17.4 Å². The highest BCUT2D eigenvalue weighted by molar-refractivity contribution is 7.90. The van der Waals surface area contributed by atoms with Crippen LogP contribution in [0.25, 0.3) is 11.0 Å². The third-order valence-electron chi connectivity index (χ3n) is 4.58. The van der Waals surface area contributed by atoms with Gasteiger partial charge < -0.3 is 15.0 Å². The molecule has 7 nitrogen and oxygen atoms in total. The van der Waals surface area contributed by atoms with Crippen LogP contribution in [0.5, 0.6) is 5.75 Å². The second-order valence-electron chi connectivity index (χ2n) is 6.11. The summed E-state index contributed by atoms with van der Waals surface area (Å²) < 4.78 is 32.6. The molecule has 0 bridgehead atoms. The van der Waals surface area contributed by atoms with Gasteiger partial charge in [0.2, 0.25) is 0 Å². The van der Waals surface area contributed by atoms with Gasteiger partial charge in [0.05, 0.1) is 23.2 Å². The largest absolute Gasteiger partial charge is 0.497 e. The number of hydrogen-bond donors (Lipinski definition) is 1. The molecular formula is C18H20N4O3S. The van der Waals surface area contributed by atoms with E-state index >= 15 is 0 Å². The summed E-state index contributed by atoms with van der Waals surface area (Å²) in [5, 5.41) is 3.32. The Bertz CT molecular complexity index is 1040. The maximum atomic E-state index is 13.1. The Hall–Kier alpha value is -2.58. The molecule has 3 aromatic rings. The van der Waals surface area contributed by atoms with Gasteiger partial charge in [-0.3, -0.25) is 0 Å². The molecule has 0 radical (unpaired) electrons. The number of methoxy groups -OCH3 is 1. The molecule has 1 aliphatic rings. The number of aromatic nitrogens is 2. The zero-order valence-corrected chi connectivity index (χ0v) is 15.2. The predicted octanol–water partition coefficient (Wildman–Crippen LogP) is 1.69. The molecule has 8 heteroatoms. The van der Waals surface area contributed by atoms with Gasteiger partial charge in [-0.2, -0.15) is 0 Å². The minimum absolute atomic E-state index is 0.170. The van der Waals surface area contributed by atoms with Crippen molar-refractivity contribution < 1.29 is 13.2 Å². The van der Waals surface area contributed by atoms with Crippen molar-refractivity contribution in [3.8, 4) is 5.75 Å². The molecule has 136 valence electrons. The fourth-order valence-electron chi connectivity index (χ4n) is 3.23. The van der Waals surface area contributed by atoms with Gasteiger partial charge >= 0.3 is 0 Å². The molecule has 1 fully saturated rings. The number of para-hydroxylation sites is 1. The zero-order chi connectivity index (χ0) is 18.1. The number of piperazine rings is 1. The molecule has 1 aromatic heterocycles. The number of nitrogens with zero attached hydrogens (tertiary/aromatic N) is 3. The van der Waals surface area contributed by atoms with E-state index in [1.54, 1.807) is 24.3 Å². The Morgan fingerprint density at radius 2 is 1.88 bits per heavy atom. The van der Waals surface area contributed by atoms with Crippen LogP contribution < -0.4 is 15.0 Å². The number of anilines is 1. The Labute approximate surface area is 152 Å². The van der Waals surface area contributed by atoms with Crippen molar-refractivity contribution in [2.75, 3.05) is 38.2 Å². The first kappa shape index (κ1) is 16.9. The molecule has 26 heavy (non-hydrogen) atoms. The molecule has 1 saturated heterocycles. The first-order chi connectivity index (χ1) is 12.6. The first-order valence-electron chi connectivity index (χ1n) is 8.42. The lowest BCUT2D eigenvalue weighted by molar-refractivity contribution is 0.413. The number of rotatable bonds is 4. The second-order valence-corrected chi connectivity index (χ2v) is 7.92. The van der Waals surface area contributed by atoms with E-state index < -0.39 is 10.0 Å². The Morgan fingerprint density at radius 3 is 2.65 bits per heavy atom. The van der Waals surface area contributed by atoms with E-state index in [1.165, 1.54) is 23.5 Å². The molecule has 0 saturated carbocycles. The average Bonchev–Trinajstić information content (AvgIpc) is 3.13. The summed E-state index contributed by atoms with van der Waals surface area (Å²) >= 11 is 0. The van der Waals surface area contributed by atoms with Gasteiger partial charge in [-0.15, -0.1) is 0 Å². The number of fused-ring (bicyclic) bond motifs is 1. The maximum Gasteiger partial charge on any atom is 0.269 e. The van der Waals surface area contributed by atoms with Crippen LogP contribution in [0.2, 0.25) is 0 Å². The van der Waals surface area contributed by atoms with Crippen molar-refractivity contribution in [3.63, 3.8) is 0 Å². The maximum absolute atomic E-state index is 13.1. The Balaban J connectivity index is 1.82. The van der Waals surface area contributed by atoms with E-state index in [-0.39, 0.29) is 4.90 Å². The fraction of sp³-hybridized carbons (Fsp3) is 0.278. The smallest absolute Gasteiger partial charge is 0.269 e. The number of imidazole rings is 1. The number of ether oxygens (including phenoxy) is 1. The minimum atomic E-state index is -3.76. The highest BCUT2D eigenvalue weighted by Crippen LogP contribution is 2.29. The molecule has 4 rings (SSSR count).